The van der Waals surface area contributed by atoms with Crippen LogP contribution in [0.3, 0.4) is 0 Å². The second-order valence-electron chi connectivity index (χ2n) is 3.90. The Kier molecular flexibility index (Phi) is 6.00. The SMILES string of the molecule is CCC(Br)C(=O)NC(CC)c1cccc(Cl)c1. The third kappa shape index (κ3) is 4.32. The number of carbonyl (C=O) groups is 1. The van der Waals surface area contributed by atoms with Gasteiger partial charge in [-0.1, -0.05) is 53.5 Å². The van der Waals surface area contributed by atoms with Gasteiger partial charge in [-0.05, 0) is 30.5 Å². The first kappa shape index (κ1) is 14.5. The van der Waals surface area contributed by atoms with Gasteiger partial charge in [0.1, 0.15) is 0 Å². The van der Waals surface area contributed by atoms with E-state index in [1.807, 2.05) is 38.1 Å². The Labute approximate surface area is 116 Å². The first-order valence-electron chi connectivity index (χ1n) is 5.78. The van der Waals surface area contributed by atoms with E-state index < -0.39 is 0 Å². The van der Waals surface area contributed by atoms with Gasteiger partial charge < -0.3 is 5.32 Å². The topological polar surface area (TPSA) is 29.1 Å². The normalized spacial score (nSPS) is 14.1. The summed E-state index contributed by atoms with van der Waals surface area (Å²) in [4.78, 5) is 11.7. The van der Waals surface area contributed by atoms with E-state index in [1.54, 1.807) is 0 Å². The minimum atomic E-state index is -0.129. The van der Waals surface area contributed by atoms with Crippen molar-refractivity contribution in [1.29, 1.82) is 0 Å². The number of rotatable bonds is 5. The number of amides is 1. The fourth-order valence-corrected chi connectivity index (χ4v) is 1.92. The summed E-state index contributed by atoms with van der Waals surface area (Å²) in [6, 6.07) is 7.63. The summed E-state index contributed by atoms with van der Waals surface area (Å²) in [5.74, 6) is 0.0272. The molecule has 2 unspecified atom stereocenters. The zero-order chi connectivity index (χ0) is 12.8. The van der Waals surface area contributed by atoms with Gasteiger partial charge in [0.15, 0.2) is 0 Å². The summed E-state index contributed by atoms with van der Waals surface area (Å²) < 4.78 is 0. The Balaban J connectivity index is 2.75. The number of carbonyl (C=O) groups excluding carboxylic acids is 1. The van der Waals surface area contributed by atoms with Crippen LogP contribution in [0, 0.1) is 0 Å². The third-order valence-electron chi connectivity index (χ3n) is 2.62. The first-order chi connectivity index (χ1) is 8.08. The standard InChI is InChI=1S/C13H17BrClNO/c1-3-11(14)13(17)16-12(4-2)9-6-5-7-10(15)8-9/h5-8,11-12H,3-4H2,1-2H3,(H,16,17). The molecule has 4 heteroatoms. The molecule has 94 valence electrons. The van der Waals surface area contributed by atoms with Crippen molar-refractivity contribution >= 4 is 33.4 Å². The Morgan fingerprint density at radius 1 is 1.41 bits per heavy atom. The van der Waals surface area contributed by atoms with Crippen LogP contribution in [-0.2, 0) is 4.79 Å². The van der Waals surface area contributed by atoms with E-state index in [0.29, 0.717) is 5.02 Å². The van der Waals surface area contributed by atoms with Crippen molar-refractivity contribution in [3.05, 3.63) is 34.9 Å². The number of alkyl halides is 1. The molecule has 1 aromatic carbocycles. The quantitative estimate of drug-likeness (QED) is 0.814. The van der Waals surface area contributed by atoms with Crippen LogP contribution < -0.4 is 5.32 Å². The Hall–Kier alpha value is -0.540. The molecule has 0 fully saturated rings. The zero-order valence-corrected chi connectivity index (χ0v) is 12.4. The Morgan fingerprint density at radius 2 is 2.12 bits per heavy atom. The Bertz CT molecular complexity index is 383. The Morgan fingerprint density at radius 3 is 2.65 bits per heavy atom. The third-order valence-corrected chi connectivity index (χ3v) is 3.92. The van der Waals surface area contributed by atoms with Crippen molar-refractivity contribution < 1.29 is 4.79 Å². The van der Waals surface area contributed by atoms with Crippen LogP contribution in [-0.4, -0.2) is 10.7 Å². The van der Waals surface area contributed by atoms with E-state index in [0.717, 1.165) is 18.4 Å². The van der Waals surface area contributed by atoms with E-state index in [1.165, 1.54) is 0 Å². The van der Waals surface area contributed by atoms with Gasteiger partial charge in [0.2, 0.25) is 5.91 Å². The fourth-order valence-electron chi connectivity index (χ4n) is 1.59. The van der Waals surface area contributed by atoms with Gasteiger partial charge in [-0.3, -0.25) is 4.79 Å². The predicted octanol–water partition coefficient (Wildman–Crippen LogP) is 4.08. The molecule has 1 N–H and O–H groups in total. The van der Waals surface area contributed by atoms with E-state index in [9.17, 15) is 4.79 Å². The van der Waals surface area contributed by atoms with Gasteiger partial charge in [0.25, 0.3) is 0 Å². The average molecular weight is 319 g/mol. The molecular formula is C13H17BrClNO. The summed E-state index contributed by atoms with van der Waals surface area (Å²) in [5.41, 5.74) is 1.05. The predicted molar refractivity (Wildman–Crippen MR) is 75.6 cm³/mol. The van der Waals surface area contributed by atoms with Gasteiger partial charge in [-0.25, -0.2) is 0 Å². The van der Waals surface area contributed by atoms with Crippen molar-refractivity contribution in [1.82, 2.24) is 5.32 Å². The fraction of sp³-hybridized carbons (Fsp3) is 0.462. The maximum atomic E-state index is 11.8. The highest BCUT2D eigenvalue weighted by molar-refractivity contribution is 9.10. The van der Waals surface area contributed by atoms with Crippen LogP contribution >= 0.6 is 27.5 Å². The molecule has 0 aliphatic heterocycles. The van der Waals surface area contributed by atoms with Crippen molar-refractivity contribution in [2.45, 2.75) is 37.6 Å². The second kappa shape index (κ2) is 7.02. The largest absolute Gasteiger partial charge is 0.348 e. The summed E-state index contributed by atoms with van der Waals surface area (Å²) in [5, 5.41) is 3.71. The molecule has 2 nitrogen and oxygen atoms in total. The molecule has 0 spiro atoms. The highest BCUT2D eigenvalue weighted by Crippen LogP contribution is 2.21. The molecule has 0 heterocycles. The van der Waals surface area contributed by atoms with Crippen molar-refractivity contribution in [3.63, 3.8) is 0 Å². The molecular weight excluding hydrogens is 302 g/mol. The highest BCUT2D eigenvalue weighted by Gasteiger charge is 2.17. The lowest BCUT2D eigenvalue weighted by Crippen LogP contribution is -2.33. The average Bonchev–Trinajstić information content (AvgIpc) is 2.34. The summed E-state index contributed by atoms with van der Waals surface area (Å²) in [6.45, 7) is 4.01. The summed E-state index contributed by atoms with van der Waals surface area (Å²) in [7, 11) is 0. The lowest BCUT2D eigenvalue weighted by molar-refractivity contribution is -0.121. The van der Waals surface area contributed by atoms with Crippen LogP contribution in [0.15, 0.2) is 24.3 Å². The molecule has 0 bridgehead atoms. The zero-order valence-electron chi connectivity index (χ0n) is 10.0. The number of hydrogen-bond acceptors (Lipinski definition) is 1. The van der Waals surface area contributed by atoms with Gasteiger partial charge in [-0.15, -0.1) is 0 Å². The summed E-state index contributed by atoms with van der Waals surface area (Å²) >= 11 is 9.30. The molecule has 17 heavy (non-hydrogen) atoms. The van der Waals surface area contributed by atoms with Crippen LogP contribution in [0.2, 0.25) is 5.02 Å². The summed E-state index contributed by atoms with van der Waals surface area (Å²) in [6.07, 6.45) is 1.62. The van der Waals surface area contributed by atoms with E-state index >= 15 is 0 Å². The lowest BCUT2D eigenvalue weighted by Gasteiger charge is -2.19. The van der Waals surface area contributed by atoms with Crippen molar-refractivity contribution in [3.8, 4) is 0 Å². The minimum Gasteiger partial charge on any atom is -0.348 e. The van der Waals surface area contributed by atoms with Crippen molar-refractivity contribution in [2.24, 2.45) is 0 Å². The molecule has 0 aliphatic carbocycles. The molecule has 2 atom stereocenters. The maximum absolute atomic E-state index is 11.8. The van der Waals surface area contributed by atoms with Crippen LogP contribution in [0.4, 0.5) is 0 Å². The molecule has 1 rings (SSSR count). The number of halogens is 2. The molecule has 1 aromatic rings. The minimum absolute atomic E-state index is 0.0211. The van der Waals surface area contributed by atoms with Crippen LogP contribution in [0.25, 0.3) is 0 Å². The monoisotopic (exact) mass is 317 g/mol. The molecule has 0 saturated carbocycles. The molecule has 1 amide bonds. The van der Waals surface area contributed by atoms with Gasteiger partial charge in [0, 0.05) is 5.02 Å². The smallest absolute Gasteiger partial charge is 0.234 e. The van der Waals surface area contributed by atoms with E-state index in [4.69, 9.17) is 11.6 Å². The van der Waals surface area contributed by atoms with Crippen LogP contribution in [0.5, 0.6) is 0 Å². The molecule has 0 aliphatic rings. The first-order valence-corrected chi connectivity index (χ1v) is 7.07. The number of nitrogens with one attached hydrogen (secondary N) is 1. The number of benzene rings is 1. The maximum Gasteiger partial charge on any atom is 0.234 e. The van der Waals surface area contributed by atoms with Crippen LogP contribution in [0.1, 0.15) is 38.3 Å². The lowest BCUT2D eigenvalue weighted by atomic mass is 10.0. The second-order valence-corrected chi connectivity index (χ2v) is 5.44. The van der Waals surface area contributed by atoms with Gasteiger partial charge >= 0.3 is 0 Å². The van der Waals surface area contributed by atoms with Gasteiger partial charge in [0.05, 0.1) is 10.9 Å². The van der Waals surface area contributed by atoms with E-state index in [-0.39, 0.29) is 16.8 Å². The molecule has 0 saturated heterocycles. The molecule has 0 radical (unpaired) electrons. The molecule has 0 aromatic heterocycles. The van der Waals surface area contributed by atoms with Gasteiger partial charge in [-0.2, -0.15) is 0 Å². The highest BCUT2D eigenvalue weighted by atomic mass is 79.9. The van der Waals surface area contributed by atoms with E-state index in [2.05, 4.69) is 21.2 Å². The van der Waals surface area contributed by atoms with Crippen molar-refractivity contribution in [2.75, 3.05) is 0 Å². The number of hydrogen-bond donors (Lipinski definition) is 1.